The van der Waals surface area contributed by atoms with E-state index in [4.69, 9.17) is 10.2 Å². The Kier molecular flexibility index (Phi) is 3.86. The Morgan fingerprint density at radius 1 is 1.59 bits per heavy atom. The minimum atomic E-state index is -4.04. The van der Waals surface area contributed by atoms with Crippen LogP contribution < -0.4 is 4.72 Å². The number of aryl methyl sites for hydroxylation is 1. The average molecular weight is 263 g/mol. The number of nitrogens with one attached hydrogen (secondary N) is 2. The van der Waals surface area contributed by atoms with Crippen LogP contribution in [0, 0.1) is 6.92 Å². The van der Waals surface area contributed by atoms with Crippen LogP contribution in [-0.2, 0) is 14.8 Å². The molecule has 0 saturated carbocycles. The van der Waals surface area contributed by atoms with Crippen LogP contribution in [0.4, 0.5) is 0 Å². The van der Waals surface area contributed by atoms with Crippen molar-refractivity contribution in [3.05, 3.63) is 12.0 Å². The molecular weight excluding hydrogens is 250 g/mol. The molecule has 9 heteroatoms. The van der Waals surface area contributed by atoms with Crippen LogP contribution in [0.15, 0.2) is 11.2 Å². The highest BCUT2D eigenvalue weighted by Crippen LogP contribution is 2.07. The third-order valence-electron chi connectivity index (χ3n) is 2.00. The van der Waals surface area contributed by atoms with Gasteiger partial charge in [0.15, 0.2) is 5.03 Å². The summed E-state index contributed by atoms with van der Waals surface area (Å²) in [7, 11) is -4.04. The lowest BCUT2D eigenvalue weighted by molar-refractivity contribution is -0.141. The molecule has 0 aliphatic carbocycles. The Morgan fingerprint density at radius 2 is 2.18 bits per heavy atom. The summed E-state index contributed by atoms with van der Waals surface area (Å²) in [5.41, 5.74) is 0. The Balaban J connectivity index is 2.97. The first-order valence-corrected chi connectivity index (χ1v) is 6.17. The number of carboxylic acids is 1. The van der Waals surface area contributed by atoms with Crippen molar-refractivity contribution < 1.29 is 23.4 Å². The summed E-state index contributed by atoms with van der Waals surface area (Å²) >= 11 is 0. The fourth-order valence-electron chi connectivity index (χ4n) is 1.12. The molecule has 17 heavy (non-hydrogen) atoms. The smallest absolute Gasteiger partial charge is 0.324 e. The van der Waals surface area contributed by atoms with Gasteiger partial charge >= 0.3 is 5.97 Å². The minimum Gasteiger partial charge on any atom is -0.480 e. The summed E-state index contributed by atoms with van der Waals surface area (Å²) in [5.74, 6) is -1.07. The Labute approximate surface area is 97.7 Å². The average Bonchev–Trinajstić information content (AvgIpc) is 2.61. The molecule has 0 aliphatic rings. The fourth-order valence-corrected chi connectivity index (χ4v) is 2.35. The number of aromatic amines is 1. The first kappa shape index (κ1) is 13.6. The molecule has 2 unspecified atom stereocenters. The molecule has 0 saturated heterocycles. The predicted octanol–water partition coefficient (Wildman–Crippen LogP) is -1.17. The van der Waals surface area contributed by atoms with Crippen LogP contribution in [0.5, 0.6) is 0 Å². The van der Waals surface area contributed by atoms with E-state index in [1.165, 1.54) is 6.92 Å². The lowest BCUT2D eigenvalue weighted by Crippen LogP contribution is -2.47. The number of carboxylic acid groups (broad SMARTS) is 1. The van der Waals surface area contributed by atoms with Crippen LogP contribution in [0.2, 0.25) is 0 Å². The van der Waals surface area contributed by atoms with Crippen LogP contribution in [0.3, 0.4) is 0 Å². The van der Waals surface area contributed by atoms with Crippen LogP contribution >= 0.6 is 0 Å². The van der Waals surface area contributed by atoms with Gasteiger partial charge in [-0.15, -0.1) is 0 Å². The van der Waals surface area contributed by atoms with Crippen molar-refractivity contribution in [2.75, 3.05) is 0 Å². The highest BCUT2D eigenvalue weighted by molar-refractivity contribution is 7.89. The molecule has 0 amide bonds. The number of hydrogen-bond donors (Lipinski definition) is 4. The van der Waals surface area contributed by atoms with E-state index in [2.05, 4.69) is 9.97 Å². The Hall–Kier alpha value is -1.45. The highest BCUT2D eigenvalue weighted by atomic mass is 32.2. The van der Waals surface area contributed by atoms with Gasteiger partial charge in [0.25, 0.3) is 10.0 Å². The van der Waals surface area contributed by atoms with Gasteiger partial charge in [0.05, 0.1) is 12.3 Å². The Bertz CT molecular complexity index is 507. The van der Waals surface area contributed by atoms with Crippen molar-refractivity contribution in [1.29, 1.82) is 0 Å². The molecule has 0 fully saturated rings. The molecule has 1 aromatic rings. The van der Waals surface area contributed by atoms with Crippen molar-refractivity contribution >= 4 is 16.0 Å². The Morgan fingerprint density at radius 3 is 2.53 bits per heavy atom. The second-order valence-electron chi connectivity index (χ2n) is 3.51. The lowest BCUT2D eigenvalue weighted by atomic mass is 10.2. The van der Waals surface area contributed by atoms with Gasteiger partial charge in [0, 0.05) is 0 Å². The van der Waals surface area contributed by atoms with Gasteiger partial charge < -0.3 is 15.2 Å². The number of carbonyl (C=O) groups is 1. The van der Waals surface area contributed by atoms with Gasteiger partial charge in [-0.25, -0.2) is 13.4 Å². The molecule has 8 nitrogen and oxygen atoms in total. The SMILES string of the molecule is Cc1ncc(S(=O)(=O)NC(C(=O)O)C(C)O)[nH]1. The van der Waals surface area contributed by atoms with E-state index >= 15 is 0 Å². The van der Waals surface area contributed by atoms with E-state index in [9.17, 15) is 13.2 Å². The third-order valence-corrected chi connectivity index (χ3v) is 3.35. The maximum Gasteiger partial charge on any atom is 0.324 e. The molecule has 0 spiro atoms. The molecule has 2 atom stereocenters. The van der Waals surface area contributed by atoms with E-state index in [0.717, 1.165) is 6.20 Å². The molecule has 96 valence electrons. The molecule has 1 heterocycles. The number of nitrogens with zero attached hydrogens (tertiary/aromatic N) is 1. The molecule has 0 bridgehead atoms. The standard InChI is InChI=1S/C8H13N3O5S/c1-4(12)7(8(13)14)11-17(15,16)6-3-9-5(2)10-6/h3-4,7,11-12H,1-2H3,(H,9,10)(H,13,14). The zero-order valence-electron chi connectivity index (χ0n) is 9.21. The van der Waals surface area contributed by atoms with Crippen LogP contribution in [0.1, 0.15) is 12.7 Å². The topological polar surface area (TPSA) is 132 Å². The van der Waals surface area contributed by atoms with E-state index in [1.807, 2.05) is 4.72 Å². The number of sulfonamides is 1. The lowest BCUT2D eigenvalue weighted by Gasteiger charge is -2.16. The number of aliphatic hydroxyl groups excluding tert-OH is 1. The molecule has 0 aliphatic heterocycles. The summed E-state index contributed by atoms with van der Waals surface area (Å²) in [4.78, 5) is 16.9. The van der Waals surface area contributed by atoms with E-state index in [0.29, 0.717) is 5.82 Å². The number of hydrogen-bond acceptors (Lipinski definition) is 5. The first-order valence-electron chi connectivity index (χ1n) is 4.69. The zero-order valence-corrected chi connectivity index (χ0v) is 10.0. The maximum atomic E-state index is 11.7. The minimum absolute atomic E-state index is 0.248. The second kappa shape index (κ2) is 4.82. The van der Waals surface area contributed by atoms with Gasteiger partial charge in [0.2, 0.25) is 0 Å². The van der Waals surface area contributed by atoms with Crippen molar-refractivity contribution in [3.8, 4) is 0 Å². The summed E-state index contributed by atoms with van der Waals surface area (Å²) in [6.07, 6.45) is -0.287. The van der Waals surface area contributed by atoms with E-state index < -0.39 is 28.1 Å². The number of aliphatic hydroxyl groups is 1. The number of aliphatic carboxylic acids is 1. The molecule has 0 aromatic carbocycles. The molecule has 4 N–H and O–H groups in total. The third kappa shape index (κ3) is 3.25. The van der Waals surface area contributed by atoms with Crippen molar-refractivity contribution in [2.45, 2.75) is 31.0 Å². The van der Waals surface area contributed by atoms with E-state index in [1.54, 1.807) is 6.92 Å². The van der Waals surface area contributed by atoms with Gasteiger partial charge in [-0.05, 0) is 13.8 Å². The first-order chi connectivity index (χ1) is 7.74. The summed E-state index contributed by atoms with van der Waals surface area (Å²) in [6.45, 7) is 2.74. The normalized spacial score (nSPS) is 15.5. The summed E-state index contributed by atoms with van der Waals surface area (Å²) < 4.78 is 25.3. The number of H-pyrrole nitrogens is 1. The van der Waals surface area contributed by atoms with Crippen molar-refractivity contribution in [3.63, 3.8) is 0 Å². The molecular formula is C8H13N3O5S. The number of aromatic nitrogens is 2. The molecule has 0 radical (unpaired) electrons. The number of rotatable bonds is 5. The van der Waals surface area contributed by atoms with Gasteiger partial charge in [-0.2, -0.15) is 4.72 Å². The van der Waals surface area contributed by atoms with Gasteiger partial charge in [-0.3, -0.25) is 4.79 Å². The monoisotopic (exact) mass is 263 g/mol. The van der Waals surface area contributed by atoms with Crippen molar-refractivity contribution in [1.82, 2.24) is 14.7 Å². The molecule has 1 rings (SSSR count). The summed E-state index contributed by atoms with van der Waals surface area (Å²) in [6, 6.07) is -1.61. The maximum absolute atomic E-state index is 11.7. The van der Waals surface area contributed by atoms with Gasteiger partial charge in [-0.1, -0.05) is 0 Å². The second-order valence-corrected chi connectivity index (χ2v) is 5.19. The fraction of sp³-hybridized carbons (Fsp3) is 0.500. The number of imidazole rings is 1. The largest absolute Gasteiger partial charge is 0.480 e. The van der Waals surface area contributed by atoms with Crippen molar-refractivity contribution in [2.24, 2.45) is 0 Å². The highest BCUT2D eigenvalue weighted by Gasteiger charge is 2.30. The van der Waals surface area contributed by atoms with Crippen LogP contribution in [0.25, 0.3) is 0 Å². The quantitative estimate of drug-likeness (QED) is 0.529. The predicted molar refractivity (Wildman–Crippen MR) is 56.8 cm³/mol. The molecule has 1 aromatic heterocycles. The van der Waals surface area contributed by atoms with Gasteiger partial charge in [0.1, 0.15) is 11.9 Å². The van der Waals surface area contributed by atoms with E-state index in [-0.39, 0.29) is 5.03 Å². The van der Waals surface area contributed by atoms with Crippen LogP contribution in [-0.4, -0.2) is 46.7 Å². The zero-order chi connectivity index (χ0) is 13.2. The summed E-state index contributed by atoms with van der Waals surface area (Å²) in [5, 5.41) is 17.7.